The number of nitrogens with zero attached hydrogens (tertiary/aromatic N) is 1. The monoisotopic (exact) mass is 323 g/mol. The van der Waals surface area contributed by atoms with Gasteiger partial charge in [-0.05, 0) is 35.2 Å². The molecule has 4 heteroatoms. The Hall–Kier alpha value is -2.17. The molecule has 1 unspecified atom stereocenters. The third-order valence-corrected chi connectivity index (χ3v) is 4.75. The zero-order valence-electron chi connectivity index (χ0n) is 14.2. The Kier molecular flexibility index (Phi) is 5.28. The summed E-state index contributed by atoms with van der Waals surface area (Å²) < 4.78 is 0. The number of aryl methyl sites for hydroxylation is 1. The van der Waals surface area contributed by atoms with Crippen LogP contribution < -0.4 is 11.1 Å². The van der Waals surface area contributed by atoms with Gasteiger partial charge in [0.25, 0.3) is 0 Å². The molecule has 1 aliphatic heterocycles. The molecule has 1 atom stereocenters. The van der Waals surface area contributed by atoms with Crippen LogP contribution in [0.1, 0.15) is 40.0 Å². The molecule has 0 bridgehead atoms. The highest BCUT2D eigenvalue weighted by Gasteiger charge is 2.23. The number of rotatable bonds is 5. The molecule has 1 aliphatic rings. The fraction of sp³-hybridized carbons (Fsp3) is 0.350. The van der Waals surface area contributed by atoms with Gasteiger partial charge >= 0.3 is 0 Å². The average Bonchev–Trinajstić information content (AvgIpc) is 2.63. The van der Waals surface area contributed by atoms with Crippen LogP contribution in [-0.4, -0.2) is 30.4 Å². The molecule has 0 spiro atoms. The fourth-order valence-corrected chi connectivity index (χ4v) is 3.25. The lowest BCUT2D eigenvalue weighted by atomic mass is 10.00. The Morgan fingerprint density at radius 2 is 1.79 bits per heavy atom. The number of nitrogens with two attached hydrogens (primary N) is 1. The van der Waals surface area contributed by atoms with Crippen LogP contribution in [-0.2, 0) is 13.0 Å². The first-order valence-corrected chi connectivity index (χ1v) is 8.59. The summed E-state index contributed by atoms with van der Waals surface area (Å²) in [5, 5.41) is 3.50. The van der Waals surface area contributed by atoms with E-state index >= 15 is 0 Å². The van der Waals surface area contributed by atoms with Crippen molar-refractivity contribution in [2.75, 3.05) is 19.6 Å². The van der Waals surface area contributed by atoms with E-state index in [9.17, 15) is 4.79 Å². The number of piperazine rings is 1. The van der Waals surface area contributed by atoms with Crippen molar-refractivity contribution in [3.8, 4) is 0 Å². The first-order chi connectivity index (χ1) is 11.7. The molecule has 3 N–H and O–H groups in total. The molecule has 2 aromatic carbocycles. The Morgan fingerprint density at radius 1 is 1.12 bits per heavy atom. The van der Waals surface area contributed by atoms with E-state index in [0.717, 1.165) is 32.6 Å². The van der Waals surface area contributed by atoms with Gasteiger partial charge in [0.2, 0.25) is 5.91 Å². The molecule has 1 saturated heterocycles. The van der Waals surface area contributed by atoms with E-state index in [0.29, 0.717) is 11.6 Å². The van der Waals surface area contributed by atoms with Crippen LogP contribution in [0.2, 0.25) is 0 Å². The number of benzene rings is 2. The number of carbonyl (C=O) groups excluding carboxylic acids is 1. The number of amides is 1. The molecule has 2 aromatic rings. The van der Waals surface area contributed by atoms with E-state index in [-0.39, 0.29) is 5.91 Å². The number of carbonyl (C=O) groups is 1. The van der Waals surface area contributed by atoms with Gasteiger partial charge in [-0.1, -0.05) is 43.3 Å². The van der Waals surface area contributed by atoms with Gasteiger partial charge in [0.05, 0.1) is 0 Å². The second-order valence-corrected chi connectivity index (χ2v) is 6.35. The van der Waals surface area contributed by atoms with Crippen molar-refractivity contribution in [2.45, 2.75) is 25.9 Å². The van der Waals surface area contributed by atoms with E-state index in [1.54, 1.807) is 0 Å². The molecule has 0 aromatic heterocycles. The third kappa shape index (κ3) is 3.83. The summed E-state index contributed by atoms with van der Waals surface area (Å²) in [6, 6.07) is 16.9. The SMILES string of the molecule is CCc1ccc(C2CNCCN2Cc2ccc(C(N)=O)cc2)cc1. The zero-order valence-corrected chi connectivity index (χ0v) is 14.2. The minimum atomic E-state index is -0.377. The van der Waals surface area contributed by atoms with Crippen LogP contribution in [0.5, 0.6) is 0 Å². The molecule has 1 heterocycles. The lowest BCUT2D eigenvalue weighted by Crippen LogP contribution is -2.45. The number of hydrogen-bond donors (Lipinski definition) is 2. The molecular weight excluding hydrogens is 298 g/mol. The predicted octanol–water partition coefficient (Wildman–Crippen LogP) is 2.49. The van der Waals surface area contributed by atoms with Gasteiger partial charge in [0, 0.05) is 37.8 Å². The van der Waals surface area contributed by atoms with Crippen molar-refractivity contribution >= 4 is 5.91 Å². The van der Waals surface area contributed by atoms with Crippen LogP contribution in [0.3, 0.4) is 0 Å². The summed E-state index contributed by atoms with van der Waals surface area (Å²) in [5.41, 5.74) is 9.80. The Morgan fingerprint density at radius 3 is 2.42 bits per heavy atom. The molecule has 3 rings (SSSR count). The van der Waals surface area contributed by atoms with E-state index < -0.39 is 0 Å². The van der Waals surface area contributed by atoms with Gasteiger partial charge in [-0.15, -0.1) is 0 Å². The molecule has 0 aliphatic carbocycles. The second kappa shape index (κ2) is 7.60. The van der Waals surface area contributed by atoms with E-state index in [4.69, 9.17) is 5.73 Å². The third-order valence-electron chi connectivity index (χ3n) is 4.75. The summed E-state index contributed by atoms with van der Waals surface area (Å²) in [7, 11) is 0. The number of hydrogen-bond acceptors (Lipinski definition) is 3. The Bertz CT molecular complexity index is 679. The van der Waals surface area contributed by atoms with Crippen molar-refractivity contribution < 1.29 is 4.79 Å². The second-order valence-electron chi connectivity index (χ2n) is 6.35. The first kappa shape index (κ1) is 16.7. The predicted molar refractivity (Wildman–Crippen MR) is 96.8 cm³/mol. The summed E-state index contributed by atoms with van der Waals surface area (Å²) in [6.07, 6.45) is 1.07. The molecule has 1 amide bonds. The van der Waals surface area contributed by atoms with Gasteiger partial charge in [0.1, 0.15) is 0 Å². The maximum Gasteiger partial charge on any atom is 0.248 e. The topological polar surface area (TPSA) is 58.4 Å². The minimum Gasteiger partial charge on any atom is -0.366 e. The summed E-state index contributed by atoms with van der Waals surface area (Å²) in [5.74, 6) is -0.377. The lowest BCUT2D eigenvalue weighted by Gasteiger charge is -2.36. The lowest BCUT2D eigenvalue weighted by molar-refractivity contribution is 0.1000. The maximum absolute atomic E-state index is 11.2. The van der Waals surface area contributed by atoms with Crippen molar-refractivity contribution in [1.82, 2.24) is 10.2 Å². The minimum absolute atomic E-state index is 0.375. The number of primary amides is 1. The van der Waals surface area contributed by atoms with Gasteiger partial charge < -0.3 is 11.1 Å². The average molecular weight is 323 g/mol. The quantitative estimate of drug-likeness (QED) is 0.889. The molecule has 24 heavy (non-hydrogen) atoms. The van der Waals surface area contributed by atoms with Crippen LogP contribution in [0.4, 0.5) is 0 Å². The zero-order chi connectivity index (χ0) is 16.9. The normalized spacial score (nSPS) is 18.5. The highest BCUT2D eigenvalue weighted by atomic mass is 16.1. The largest absolute Gasteiger partial charge is 0.366 e. The molecule has 126 valence electrons. The van der Waals surface area contributed by atoms with E-state index in [2.05, 4.69) is 41.4 Å². The maximum atomic E-state index is 11.2. The van der Waals surface area contributed by atoms with Crippen LogP contribution in [0.25, 0.3) is 0 Å². The highest BCUT2D eigenvalue weighted by Crippen LogP contribution is 2.24. The van der Waals surface area contributed by atoms with Crippen LogP contribution >= 0.6 is 0 Å². The van der Waals surface area contributed by atoms with Crippen LogP contribution in [0.15, 0.2) is 48.5 Å². The Balaban J connectivity index is 1.75. The Labute approximate surface area is 143 Å². The number of nitrogens with one attached hydrogen (secondary N) is 1. The smallest absolute Gasteiger partial charge is 0.248 e. The first-order valence-electron chi connectivity index (χ1n) is 8.59. The van der Waals surface area contributed by atoms with Gasteiger partial charge in [-0.25, -0.2) is 0 Å². The van der Waals surface area contributed by atoms with Crippen molar-refractivity contribution in [2.24, 2.45) is 5.73 Å². The molecule has 0 saturated carbocycles. The van der Waals surface area contributed by atoms with E-state index in [1.165, 1.54) is 16.7 Å². The van der Waals surface area contributed by atoms with Gasteiger partial charge in [-0.2, -0.15) is 0 Å². The molecule has 0 radical (unpaired) electrons. The van der Waals surface area contributed by atoms with Crippen LogP contribution in [0, 0.1) is 0 Å². The molecular formula is C20H25N3O. The van der Waals surface area contributed by atoms with Crippen molar-refractivity contribution in [3.05, 3.63) is 70.8 Å². The van der Waals surface area contributed by atoms with Crippen molar-refractivity contribution in [1.29, 1.82) is 0 Å². The molecule has 4 nitrogen and oxygen atoms in total. The summed E-state index contributed by atoms with van der Waals surface area (Å²) in [4.78, 5) is 13.7. The van der Waals surface area contributed by atoms with Crippen molar-refractivity contribution in [3.63, 3.8) is 0 Å². The molecule has 1 fully saturated rings. The van der Waals surface area contributed by atoms with Gasteiger partial charge in [0.15, 0.2) is 0 Å². The van der Waals surface area contributed by atoms with Gasteiger partial charge in [-0.3, -0.25) is 9.69 Å². The summed E-state index contributed by atoms with van der Waals surface area (Å²) in [6.45, 7) is 6.03. The highest BCUT2D eigenvalue weighted by molar-refractivity contribution is 5.92. The summed E-state index contributed by atoms with van der Waals surface area (Å²) >= 11 is 0. The van der Waals surface area contributed by atoms with E-state index in [1.807, 2.05) is 24.3 Å². The fourth-order valence-electron chi connectivity index (χ4n) is 3.25. The standard InChI is InChI=1S/C20H25N3O/c1-2-15-3-7-17(8-4-15)19-13-22-11-12-23(19)14-16-5-9-18(10-6-16)20(21)24/h3-10,19,22H,2,11-14H2,1H3,(H2,21,24).